The van der Waals surface area contributed by atoms with E-state index in [1.807, 2.05) is 0 Å². The molecule has 2 atom stereocenters. The van der Waals surface area contributed by atoms with Gasteiger partial charge >= 0.3 is 5.97 Å². The molecule has 1 aromatic rings. The lowest BCUT2D eigenvalue weighted by molar-refractivity contribution is -0.165. The van der Waals surface area contributed by atoms with Crippen LogP contribution in [0.1, 0.15) is 34.6 Å². The molecule has 1 aromatic carbocycles. The van der Waals surface area contributed by atoms with Gasteiger partial charge in [0.05, 0.1) is 17.7 Å². The molecule has 1 N–H and O–H groups in total. The maximum Gasteiger partial charge on any atom is 0.335 e. The Kier molecular flexibility index (Phi) is 3.26. The number of carboxylic acid groups (broad SMARTS) is 1. The molecule has 0 aliphatic carbocycles. The molecule has 2 aliphatic heterocycles. The SMILES string of the molecule is CC1(C)OC(CN2C(=O)c3ccccc3C2=O)C(C(=O)O)O1. The van der Waals surface area contributed by atoms with Crippen molar-refractivity contribution in [2.45, 2.75) is 31.8 Å². The number of fused-ring (bicyclic) bond motifs is 1. The molecular formula is C15H15NO6. The fourth-order valence-electron chi connectivity index (χ4n) is 2.76. The molecule has 22 heavy (non-hydrogen) atoms. The third-order valence-electron chi connectivity index (χ3n) is 3.67. The Morgan fingerprint density at radius 2 is 1.73 bits per heavy atom. The number of imide groups is 1. The minimum Gasteiger partial charge on any atom is -0.479 e. The third kappa shape index (κ3) is 2.28. The lowest BCUT2D eigenvalue weighted by atomic mass is 10.1. The molecular weight excluding hydrogens is 290 g/mol. The predicted octanol–water partition coefficient (Wildman–Crippen LogP) is 0.887. The number of nitrogens with zero attached hydrogens (tertiary/aromatic N) is 1. The first-order valence-corrected chi connectivity index (χ1v) is 6.84. The number of benzene rings is 1. The molecule has 0 saturated carbocycles. The summed E-state index contributed by atoms with van der Waals surface area (Å²) in [5.74, 6) is -3.16. The van der Waals surface area contributed by atoms with E-state index < -0.39 is 35.8 Å². The topological polar surface area (TPSA) is 93.1 Å². The van der Waals surface area contributed by atoms with Gasteiger partial charge in [0, 0.05) is 0 Å². The molecule has 0 spiro atoms. The van der Waals surface area contributed by atoms with Crippen molar-refractivity contribution >= 4 is 17.8 Å². The van der Waals surface area contributed by atoms with E-state index in [1.165, 1.54) is 0 Å². The Hall–Kier alpha value is -2.25. The van der Waals surface area contributed by atoms with Gasteiger partial charge in [0.1, 0.15) is 6.10 Å². The van der Waals surface area contributed by atoms with Crippen molar-refractivity contribution in [1.29, 1.82) is 0 Å². The van der Waals surface area contributed by atoms with E-state index >= 15 is 0 Å². The van der Waals surface area contributed by atoms with E-state index in [0.29, 0.717) is 11.1 Å². The molecule has 0 radical (unpaired) electrons. The van der Waals surface area contributed by atoms with Crippen LogP contribution in [0.3, 0.4) is 0 Å². The smallest absolute Gasteiger partial charge is 0.335 e. The zero-order valence-electron chi connectivity index (χ0n) is 12.1. The predicted molar refractivity (Wildman–Crippen MR) is 73.3 cm³/mol. The fourth-order valence-corrected chi connectivity index (χ4v) is 2.76. The van der Waals surface area contributed by atoms with E-state index in [2.05, 4.69) is 0 Å². The normalized spacial score (nSPS) is 26.4. The van der Waals surface area contributed by atoms with Gasteiger partial charge in [-0.15, -0.1) is 0 Å². The van der Waals surface area contributed by atoms with Crippen LogP contribution in [0.25, 0.3) is 0 Å². The van der Waals surface area contributed by atoms with Gasteiger partial charge in [-0.2, -0.15) is 0 Å². The lowest BCUT2D eigenvalue weighted by Crippen LogP contribution is -2.43. The second-order valence-electron chi connectivity index (χ2n) is 5.70. The summed E-state index contributed by atoms with van der Waals surface area (Å²) in [6.45, 7) is 3.02. The van der Waals surface area contributed by atoms with Gasteiger partial charge in [-0.25, -0.2) is 4.79 Å². The van der Waals surface area contributed by atoms with Crippen molar-refractivity contribution in [2.24, 2.45) is 0 Å². The molecule has 2 heterocycles. The standard InChI is InChI=1S/C15H15NO6/c1-15(2)21-10(11(22-15)14(19)20)7-16-12(17)8-5-3-4-6-9(8)13(16)18/h3-6,10-11H,7H2,1-2H3,(H,19,20). The first-order valence-electron chi connectivity index (χ1n) is 6.84. The van der Waals surface area contributed by atoms with Gasteiger partial charge in [0.25, 0.3) is 11.8 Å². The van der Waals surface area contributed by atoms with Crippen LogP contribution in [0.4, 0.5) is 0 Å². The summed E-state index contributed by atoms with van der Waals surface area (Å²) in [7, 11) is 0. The first-order chi connectivity index (χ1) is 10.3. The monoisotopic (exact) mass is 305 g/mol. The van der Waals surface area contributed by atoms with Crippen LogP contribution < -0.4 is 0 Å². The van der Waals surface area contributed by atoms with Gasteiger partial charge in [-0.3, -0.25) is 14.5 Å². The van der Waals surface area contributed by atoms with E-state index in [9.17, 15) is 19.5 Å². The van der Waals surface area contributed by atoms with Crippen LogP contribution >= 0.6 is 0 Å². The Morgan fingerprint density at radius 1 is 1.18 bits per heavy atom. The Morgan fingerprint density at radius 3 is 2.23 bits per heavy atom. The molecule has 2 unspecified atom stereocenters. The largest absolute Gasteiger partial charge is 0.479 e. The average Bonchev–Trinajstić information content (AvgIpc) is 2.89. The lowest BCUT2D eigenvalue weighted by Gasteiger charge is -2.21. The van der Waals surface area contributed by atoms with Gasteiger partial charge in [-0.05, 0) is 26.0 Å². The van der Waals surface area contributed by atoms with Crippen molar-refractivity contribution in [1.82, 2.24) is 4.90 Å². The van der Waals surface area contributed by atoms with E-state index in [1.54, 1.807) is 38.1 Å². The quantitative estimate of drug-likeness (QED) is 0.834. The summed E-state index contributed by atoms with van der Waals surface area (Å²) in [6.07, 6.45) is -2.13. The second-order valence-corrected chi connectivity index (χ2v) is 5.70. The molecule has 2 aliphatic rings. The highest BCUT2D eigenvalue weighted by molar-refractivity contribution is 6.21. The molecule has 0 aromatic heterocycles. The summed E-state index contributed by atoms with van der Waals surface area (Å²) in [4.78, 5) is 36.9. The molecule has 2 amide bonds. The van der Waals surface area contributed by atoms with Crippen molar-refractivity contribution < 1.29 is 29.0 Å². The van der Waals surface area contributed by atoms with Crippen LogP contribution in [-0.2, 0) is 14.3 Å². The minimum absolute atomic E-state index is 0.160. The number of hydrogen-bond donors (Lipinski definition) is 1. The number of carboxylic acids is 1. The fraction of sp³-hybridized carbons (Fsp3) is 0.400. The molecule has 116 valence electrons. The van der Waals surface area contributed by atoms with Crippen LogP contribution in [0.15, 0.2) is 24.3 Å². The Bertz CT molecular complexity index is 633. The highest BCUT2D eigenvalue weighted by atomic mass is 16.8. The molecule has 0 bridgehead atoms. The molecule has 7 heteroatoms. The number of carbonyl (C=O) groups excluding carboxylic acids is 2. The number of ether oxygens (including phenoxy) is 2. The average molecular weight is 305 g/mol. The minimum atomic E-state index is -1.22. The first kappa shape index (κ1) is 14.7. The molecule has 7 nitrogen and oxygen atoms in total. The number of carbonyl (C=O) groups is 3. The summed E-state index contributed by atoms with van der Waals surface area (Å²) in [5.41, 5.74) is 0.634. The Labute approximate surface area is 126 Å². The van der Waals surface area contributed by atoms with E-state index in [4.69, 9.17) is 9.47 Å². The van der Waals surface area contributed by atoms with Gasteiger partial charge in [-0.1, -0.05) is 12.1 Å². The van der Waals surface area contributed by atoms with Gasteiger partial charge < -0.3 is 14.6 Å². The molecule has 1 saturated heterocycles. The summed E-state index contributed by atoms with van der Waals surface area (Å²) in [6, 6.07) is 6.48. The van der Waals surface area contributed by atoms with E-state index in [0.717, 1.165) is 4.90 Å². The summed E-state index contributed by atoms with van der Waals surface area (Å²) < 4.78 is 10.8. The third-order valence-corrected chi connectivity index (χ3v) is 3.67. The van der Waals surface area contributed by atoms with Crippen LogP contribution in [0.5, 0.6) is 0 Å². The maximum atomic E-state index is 12.3. The maximum absolute atomic E-state index is 12.3. The zero-order chi connectivity index (χ0) is 16.1. The highest BCUT2D eigenvalue weighted by Crippen LogP contribution is 2.31. The van der Waals surface area contributed by atoms with Crippen LogP contribution in [0, 0.1) is 0 Å². The van der Waals surface area contributed by atoms with Crippen molar-refractivity contribution in [3.63, 3.8) is 0 Å². The highest BCUT2D eigenvalue weighted by Gasteiger charge is 2.48. The summed E-state index contributed by atoms with van der Waals surface area (Å²) in [5, 5.41) is 9.20. The molecule has 3 rings (SSSR count). The molecule has 1 fully saturated rings. The van der Waals surface area contributed by atoms with Crippen molar-refractivity contribution in [3.05, 3.63) is 35.4 Å². The van der Waals surface area contributed by atoms with E-state index in [-0.39, 0.29) is 6.54 Å². The number of aliphatic carboxylic acids is 1. The number of rotatable bonds is 3. The Balaban J connectivity index is 1.84. The van der Waals surface area contributed by atoms with Crippen LogP contribution in [0.2, 0.25) is 0 Å². The van der Waals surface area contributed by atoms with Crippen LogP contribution in [-0.4, -0.2) is 52.3 Å². The number of hydrogen-bond acceptors (Lipinski definition) is 5. The van der Waals surface area contributed by atoms with Crippen molar-refractivity contribution in [3.8, 4) is 0 Å². The van der Waals surface area contributed by atoms with Gasteiger partial charge in [0.15, 0.2) is 11.9 Å². The zero-order valence-corrected chi connectivity index (χ0v) is 12.1. The van der Waals surface area contributed by atoms with Crippen molar-refractivity contribution in [2.75, 3.05) is 6.54 Å². The summed E-state index contributed by atoms with van der Waals surface area (Å²) >= 11 is 0. The number of amides is 2. The van der Waals surface area contributed by atoms with Gasteiger partial charge in [0.2, 0.25) is 0 Å². The second kappa shape index (κ2) is 4.89.